The number of amides is 1. The summed E-state index contributed by atoms with van der Waals surface area (Å²) in [7, 11) is 0. The summed E-state index contributed by atoms with van der Waals surface area (Å²) in [5.41, 5.74) is -0.0324. The van der Waals surface area contributed by atoms with Crippen LogP contribution in [-0.2, 0) is 19.4 Å². The van der Waals surface area contributed by atoms with E-state index >= 15 is 0 Å². The van der Waals surface area contributed by atoms with Crippen molar-refractivity contribution in [1.29, 1.82) is 0 Å². The molecule has 2 N–H and O–H groups in total. The lowest BCUT2D eigenvalue weighted by Crippen LogP contribution is -2.26. The second-order valence-corrected chi connectivity index (χ2v) is 6.07. The fourth-order valence-corrected chi connectivity index (χ4v) is 2.95. The van der Waals surface area contributed by atoms with E-state index in [1.807, 2.05) is 0 Å². The number of hydrogen-bond donors (Lipinski definition) is 2. The van der Waals surface area contributed by atoms with E-state index in [0.717, 1.165) is 50.3 Å². The Labute approximate surface area is 145 Å². The molecule has 0 spiro atoms. The largest absolute Gasteiger partial charge is 0.477 e. The number of carboxylic acids is 1. The number of hydrogen-bond acceptors (Lipinski definition) is 5. The number of rotatable bonds is 6. The molecule has 0 aliphatic carbocycles. The van der Waals surface area contributed by atoms with Crippen LogP contribution in [0.2, 0.25) is 0 Å². The van der Waals surface area contributed by atoms with Crippen LogP contribution < -0.4 is 5.32 Å². The van der Waals surface area contributed by atoms with Gasteiger partial charge in [-0.2, -0.15) is 0 Å². The molecule has 132 valence electrons. The molecule has 2 aromatic heterocycles. The molecule has 0 fully saturated rings. The van der Waals surface area contributed by atoms with Crippen LogP contribution in [0.5, 0.6) is 0 Å². The van der Waals surface area contributed by atoms with Crippen LogP contribution in [0.3, 0.4) is 0 Å². The van der Waals surface area contributed by atoms with Crippen LogP contribution in [0.15, 0.2) is 18.2 Å². The molecule has 0 bridgehead atoms. The van der Waals surface area contributed by atoms with Gasteiger partial charge in [-0.3, -0.25) is 4.79 Å². The van der Waals surface area contributed by atoms with Crippen molar-refractivity contribution >= 4 is 11.9 Å². The van der Waals surface area contributed by atoms with Crippen LogP contribution in [0.4, 0.5) is 0 Å². The normalized spacial score (nSPS) is 13.8. The number of nitrogens with one attached hydrogen (secondary N) is 1. The molecule has 0 radical (unpaired) electrons. The van der Waals surface area contributed by atoms with Gasteiger partial charge in [0.1, 0.15) is 23.0 Å². The van der Waals surface area contributed by atoms with Gasteiger partial charge in [-0.15, -0.1) is 10.2 Å². The van der Waals surface area contributed by atoms with E-state index < -0.39 is 5.97 Å². The quantitative estimate of drug-likeness (QED) is 0.768. The highest BCUT2D eigenvalue weighted by Gasteiger charge is 2.15. The van der Waals surface area contributed by atoms with Crippen molar-refractivity contribution in [2.75, 3.05) is 6.54 Å². The van der Waals surface area contributed by atoms with E-state index in [1.165, 1.54) is 24.6 Å². The lowest BCUT2D eigenvalue weighted by molar-refractivity contribution is 0.0690. The van der Waals surface area contributed by atoms with Crippen molar-refractivity contribution in [1.82, 2.24) is 25.1 Å². The van der Waals surface area contributed by atoms with Gasteiger partial charge in [0.25, 0.3) is 5.91 Å². The summed E-state index contributed by atoms with van der Waals surface area (Å²) >= 11 is 0. The molecule has 2 aromatic rings. The number of nitrogens with zero attached hydrogens (tertiary/aromatic N) is 4. The average Bonchev–Trinajstić information content (AvgIpc) is 2.85. The zero-order chi connectivity index (χ0) is 17.6. The molecule has 25 heavy (non-hydrogen) atoms. The van der Waals surface area contributed by atoms with Gasteiger partial charge >= 0.3 is 5.97 Å². The van der Waals surface area contributed by atoms with Gasteiger partial charge in [-0.1, -0.05) is 12.5 Å². The highest BCUT2D eigenvalue weighted by Crippen LogP contribution is 2.15. The highest BCUT2D eigenvalue weighted by molar-refractivity contribution is 5.94. The Balaban J connectivity index is 1.50. The number of pyridine rings is 1. The van der Waals surface area contributed by atoms with Crippen molar-refractivity contribution in [3.05, 3.63) is 41.2 Å². The average molecular weight is 343 g/mol. The number of carboxylic acid groups (broad SMARTS) is 1. The molecule has 0 unspecified atom stereocenters. The molecule has 8 heteroatoms. The number of aryl methyl sites for hydroxylation is 2. The molecule has 8 nitrogen and oxygen atoms in total. The Morgan fingerprint density at radius 2 is 2.00 bits per heavy atom. The molecule has 0 atom stereocenters. The summed E-state index contributed by atoms with van der Waals surface area (Å²) in [6.45, 7) is 1.44. The summed E-state index contributed by atoms with van der Waals surface area (Å²) in [4.78, 5) is 26.8. The van der Waals surface area contributed by atoms with Gasteiger partial charge in [0, 0.05) is 25.9 Å². The van der Waals surface area contributed by atoms with Crippen molar-refractivity contribution < 1.29 is 14.7 Å². The van der Waals surface area contributed by atoms with Crippen LogP contribution in [0, 0.1) is 0 Å². The van der Waals surface area contributed by atoms with Crippen LogP contribution in [0.25, 0.3) is 0 Å². The third-order valence-corrected chi connectivity index (χ3v) is 4.25. The lowest BCUT2D eigenvalue weighted by Gasteiger charge is -2.08. The maximum Gasteiger partial charge on any atom is 0.354 e. The Morgan fingerprint density at radius 3 is 2.84 bits per heavy atom. The van der Waals surface area contributed by atoms with Crippen molar-refractivity contribution in [2.45, 2.75) is 45.1 Å². The number of aromatic carboxylic acids is 1. The minimum absolute atomic E-state index is 0.108. The second-order valence-electron chi connectivity index (χ2n) is 6.07. The monoisotopic (exact) mass is 343 g/mol. The molecule has 0 saturated carbocycles. The Hall–Kier alpha value is -2.77. The first-order valence-electron chi connectivity index (χ1n) is 8.54. The number of fused-ring (bicyclic) bond motifs is 1. The van der Waals surface area contributed by atoms with E-state index in [-0.39, 0.29) is 17.3 Å². The molecule has 3 rings (SSSR count). The van der Waals surface area contributed by atoms with E-state index in [2.05, 4.69) is 25.1 Å². The van der Waals surface area contributed by atoms with Gasteiger partial charge in [-0.05, 0) is 31.4 Å². The maximum atomic E-state index is 12.1. The van der Waals surface area contributed by atoms with Crippen molar-refractivity contribution in [2.24, 2.45) is 0 Å². The Bertz CT molecular complexity index is 771. The van der Waals surface area contributed by atoms with Gasteiger partial charge in [0.05, 0.1) is 0 Å². The summed E-state index contributed by atoms with van der Waals surface area (Å²) < 4.78 is 2.20. The molecule has 3 heterocycles. The topological polar surface area (TPSA) is 110 Å². The van der Waals surface area contributed by atoms with E-state index in [4.69, 9.17) is 5.11 Å². The van der Waals surface area contributed by atoms with Crippen molar-refractivity contribution in [3.8, 4) is 0 Å². The maximum absolute atomic E-state index is 12.1. The molecule has 1 amide bonds. The molecule has 0 saturated heterocycles. The first-order chi connectivity index (χ1) is 12.1. The predicted octanol–water partition coefficient (Wildman–Crippen LogP) is 1.46. The Kier molecular flexibility index (Phi) is 5.37. The standard InChI is InChI=1S/C17H21N5O3/c23-16(12-6-4-7-13(19-12)17(24)25)18-10-5-9-15-21-20-14-8-2-1-3-11-22(14)15/h4,6-7H,1-3,5,8-11H2,(H,18,23)(H,24,25). The summed E-state index contributed by atoms with van der Waals surface area (Å²) in [6.07, 6.45) is 6.01. The van der Waals surface area contributed by atoms with Crippen LogP contribution in [0.1, 0.15) is 58.3 Å². The minimum atomic E-state index is -1.15. The zero-order valence-corrected chi connectivity index (χ0v) is 13.9. The molecular weight excluding hydrogens is 322 g/mol. The second kappa shape index (κ2) is 7.87. The van der Waals surface area contributed by atoms with Gasteiger partial charge in [-0.25, -0.2) is 9.78 Å². The van der Waals surface area contributed by atoms with Gasteiger partial charge < -0.3 is 15.0 Å². The zero-order valence-electron chi connectivity index (χ0n) is 13.9. The number of aromatic nitrogens is 4. The highest BCUT2D eigenvalue weighted by atomic mass is 16.4. The van der Waals surface area contributed by atoms with E-state index in [9.17, 15) is 9.59 Å². The van der Waals surface area contributed by atoms with Gasteiger partial charge in [0.15, 0.2) is 0 Å². The fourth-order valence-electron chi connectivity index (χ4n) is 2.95. The first kappa shape index (κ1) is 17.1. The lowest BCUT2D eigenvalue weighted by atomic mass is 10.2. The first-order valence-corrected chi connectivity index (χ1v) is 8.54. The SMILES string of the molecule is O=C(O)c1cccc(C(=O)NCCCc2nnc3n2CCCCC3)n1. The van der Waals surface area contributed by atoms with Gasteiger partial charge in [0.2, 0.25) is 0 Å². The molecule has 0 aromatic carbocycles. The van der Waals surface area contributed by atoms with E-state index in [0.29, 0.717) is 6.54 Å². The third kappa shape index (κ3) is 4.20. The summed E-state index contributed by atoms with van der Waals surface area (Å²) in [6, 6.07) is 4.37. The minimum Gasteiger partial charge on any atom is -0.477 e. The van der Waals surface area contributed by atoms with E-state index in [1.54, 1.807) is 0 Å². The summed E-state index contributed by atoms with van der Waals surface area (Å²) in [5.74, 6) is 0.508. The molecule has 1 aliphatic heterocycles. The predicted molar refractivity (Wildman–Crippen MR) is 89.4 cm³/mol. The third-order valence-electron chi connectivity index (χ3n) is 4.25. The van der Waals surface area contributed by atoms with Crippen molar-refractivity contribution in [3.63, 3.8) is 0 Å². The Morgan fingerprint density at radius 1 is 1.16 bits per heavy atom. The smallest absolute Gasteiger partial charge is 0.354 e. The fraction of sp³-hybridized carbons (Fsp3) is 0.471. The van der Waals surface area contributed by atoms with Crippen LogP contribution in [-0.4, -0.2) is 43.3 Å². The van der Waals surface area contributed by atoms with Crippen LogP contribution >= 0.6 is 0 Å². The number of carbonyl (C=O) groups excluding carboxylic acids is 1. The number of carbonyl (C=O) groups is 2. The summed E-state index contributed by atoms with van der Waals surface area (Å²) in [5, 5.41) is 20.2. The molecule has 1 aliphatic rings. The molecular formula is C17H21N5O3.